The van der Waals surface area contributed by atoms with Gasteiger partial charge in [0.2, 0.25) is 11.8 Å². The highest BCUT2D eigenvalue weighted by molar-refractivity contribution is 6.07. The summed E-state index contributed by atoms with van der Waals surface area (Å²) in [5, 5.41) is 2.11. The van der Waals surface area contributed by atoms with Gasteiger partial charge in [0.25, 0.3) is 0 Å². The molecular weight excluding hydrogens is 612 g/mol. The Morgan fingerprint density at radius 3 is 2.31 bits per heavy atom. The molecule has 2 amide bonds. The summed E-state index contributed by atoms with van der Waals surface area (Å²) in [7, 11) is 0. The van der Waals surface area contributed by atoms with Crippen LogP contribution in [0.4, 0.5) is 0 Å². The van der Waals surface area contributed by atoms with Crippen molar-refractivity contribution in [2.24, 2.45) is 5.92 Å². The number of aromatic nitrogens is 4. The maximum absolute atomic E-state index is 13.1. The molecule has 0 saturated carbocycles. The number of imidazole rings is 2. The Balaban J connectivity index is 1.26. The van der Waals surface area contributed by atoms with Crippen molar-refractivity contribution < 1.29 is 14.3 Å². The summed E-state index contributed by atoms with van der Waals surface area (Å²) in [6.45, 7) is 16.0. The third kappa shape index (κ3) is 7.07. The van der Waals surface area contributed by atoms with E-state index >= 15 is 0 Å². The molecule has 6 rings (SSSR count). The van der Waals surface area contributed by atoms with E-state index in [1.54, 1.807) is 0 Å². The summed E-state index contributed by atoms with van der Waals surface area (Å²) in [4.78, 5) is 46.4. The Kier molecular flexibility index (Phi) is 10.1. The van der Waals surface area contributed by atoms with E-state index in [4.69, 9.17) is 9.72 Å². The van der Waals surface area contributed by atoms with Crippen LogP contribution in [0.5, 0.6) is 5.75 Å². The van der Waals surface area contributed by atoms with Crippen LogP contribution in [-0.2, 0) is 29.3 Å². The number of hydrogen-bond acceptors (Lipinski definition) is 5. The van der Waals surface area contributed by atoms with Gasteiger partial charge in [-0.15, -0.1) is 0 Å². The number of carbonyl (C=O) groups excluding carboxylic acids is 2. The molecule has 1 aliphatic rings. The van der Waals surface area contributed by atoms with Crippen molar-refractivity contribution >= 4 is 33.6 Å². The van der Waals surface area contributed by atoms with E-state index in [2.05, 4.69) is 99.0 Å². The van der Waals surface area contributed by atoms with Crippen LogP contribution < -0.4 is 4.74 Å². The van der Waals surface area contributed by atoms with Crippen LogP contribution in [-0.4, -0.2) is 53.6 Å². The molecule has 2 atom stereocenters. The molecule has 3 aromatic carbocycles. The summed E-state index contributed by atoms with van der Waals surface area (Å²) in [5.74, 6) is 3.05. The molecule has 0 aliphatic carbocycles. The quantitative estimate of drug-likeness (QED) is 0.131. The van der Waals surface area contributed by atoms with Gasteiger partial charge in [0.1, 0.15) is 24.0 Å². The van der Waals surface area contributed by atoms with Crippen molar-refractivity contribution in [3.05, 3.63) is 65.9 Å². The number of nitrogens with zero attached hydrogens (tertiary/aromatic N) is 4. The minimum absolute atomic E-state index is 0.133. The normalized spacial score (nSPS) is 13.6. The zero-order chi connectivity index (χ0) is 34.8. The largest absolute Gasteiger partial charge is 0.488 e. The molecule has 3 heterocycles. The third-order valence-corrected chi connectivity index (χ3v) is 9.91. The highest BCUT2D eigenvalue weighted by Gasteiger charge is 2.24. The molecule has 0 fully saturated rings. The van der Waals surface area contributed by atoms with Gasteiger partial charge in [-0.2, -0.15) is 0 Å². The van der Waals surface area contributed by atoms with Crippen LogP contribution >= 0.6 is 0 Å². The number of benzene rings is 3. The second-order valence-electron chi connectivity index (χ2n) is 14.0. The van der Waals surface area contributed by atoms with Crippen LogP contribution in [0.1, 0.15) is 97.8 Å². The molecule has 0 unspecified atom stereocenters. The third-order valence-electron chi connectivity index (χ3n) is 9.91. The fraction of sp³-hybridized carbons (Fsp3) is 0.450. The summed E-state index contributed by atoms with van der Waals surface area (Å²) >= 11 is 0. The van der Waals surface area contributed by atoms with Gasteiger partial charge in [0.05, 0.1) is 36.0 Å². The number of hydrogen-bond donors (Lipinski definition) is 2. The molecular formula is C40H50N6O3. The highest BCUT2D eigenvalue weighted by atomic mass is 16.5. The first-order valence-corrected chi connectivity index (χ1v) is 17.9. The molecule has 9 heteroatoms. The zero-order valence-corrected chi connectivity index (χ0v) is 30.0. The number of nitrogens with one attached hydrogen (secondary N) is 2. The molecule has 2 N–H and O–H groups in total. The van der Waals surface area contributed by atoms with E-state index < -0.39 is 0 Å². The topological polar surface area (TPSA) is 107 Å². The first-order valence-electron chi connectivity index (χ1n) is 17.9. The van der Waals surface area contributed by atoms with Crippen LogP contribution in [0, 0.1) is 5.92 Å². The molecule has 2 aromatic heterocycles. The highest BCUT2D eigenvalue weighted by Crippen LogP contribution is 2.42. The maximum atomic E-state index is 13.1. The number of carbonyl (C=O) groups is 2. The average molecular weight is 663 g/mol. The van der Waals surface area contributed by atoms with E-state index in [0.717, 1.165) is 86.4 Å². The van der Waals surface area contributed by atoms with Crippen molar-refractivity contribution in [1.29, 1.82) is 0 Å². The second-order valence-corrected chi connectivity index (χ2v) is 14.0. The first kappa shape index (κ1) is 34.2. The van der Waals surface area contributed by atoms with Gasteiger partial charge in [0.15, 0.2) is 0 Å². The Hall–Kier alpha value is -4.66. The predicted molar refractivity (Wildman–Crippen MR) is 196 cm³/mol. The molecule has 9 nitrogen and oxygen atoms in total. The molecule has 258 valence electrons. The zero-order valence-electron chi connectivity index (χ0n) is 30.0. The molecule has 1 aliphatic heterocycles. The lowest BCUT2D eigenvalue weighted by Gasteiger charge is -2.28. The second kappa shape index (κ2) is 14.4. The Morgan fingerprint density at radius 1 is 0.857 bits per heavy atom. The van der Waals surface area contributed by atoms with Crippen LogP contribution in [0.3, 0.4) is 0 Å². The van der Waals surface area contributed by atoms with Crippen molar-refractivity contribution in [1.82, 2.24) is 29.7 Å². The molecule has 5 aromatic rings. The van der Waals surface area contributed by atoms with Crippen molar-refractivity contribution in [3.8, 4) is 28.1 Å². The van der Waals surface area contributed by atoms with Crippen molar-refractivity contribution in [3.63, 3.8) is 0 Å². The maximum Gasteiger partial charge on any atom is 0.223 e. The summed E-state index contributed by atoms with van der Waals surface area (Å²) < 4.78 is 6.37. The van der Waals surface area contributed by atoms with Gasteiger partial charge in [-0.05, 0) is 85.4 Å². The Bertz CT molecular complexity index is 1970. The molecule has 0 bridgehead atoms. The van der Waals surface area contributed by atoms with Gasteiger partial charge in [-0.3, -0.25) is 9.59 Å². The number of aromatic amines is 2. The van der Waals surface area contributed by atoms with Crippen LogP contribution in [0.15, 0.2) is 48.7 Å². The van der Waals surface area contributed by atoms with E-state index in [0.29, 0.717) is 38.5 Å². The minimum atomic E-state index is 0.133. The Morgan fingerprint density at radius 2 is 1.59 bits per heavy atom. The molecule has 49 heavy (non-hydrogen) atoms. The monoisotopic (exact) mass is 662 g/mol. The number of amides is 2. The van der Waals surface area contributed by atoms with E-state index in [1.165, 1.54) is 0 Å². The lowest BCUT2D eigenvalue weighted by molar-refractivity contribution is -0.135. The minimum Gasteiger partial charge on any atom is -0.488 e. The molecule has 0 saturated heterocycles. The van der Waals surface area contributed by atoms with E-state index in [9.17, 15) is 9.59 Å². The van der Waals surface area contributed by atoms with Gasteiger partial charge < -0.3 is 24.5 Å². The molecule has 0 radical (unpaired) electrons. The van der Waals surface area contributed by atoms with Gasteiger partial charge in [0, 0.05) is 35.9 Å². The van der Waals surface area contributed by atoms with Crippen molar-refractivity contribution in [2.45, 2.75) is 112 Å². The fourth-order valence-corrected chi connectivity index (χ4v) is 6.74. The number of fused-ring (bicyclic) bond motifs is 6. The van der Waals surface area contributed by atoms with Crippen LogP contribution in [0.2, 0.25) is 0 Å². The predicted octanol–water partition coefficient (Wildman–Crippen LogP) is 8.77. The SMILES string of the molecule is CCCC(=O)N(Cc1ncc(-c2ccc3c(c2)COc2cc4c(ccc5[nH]c(CN(C(=O)CC(C)C)[C@@H](C)CC)nc54)cc2-3)[nH]1)[C@@H](C)CC. The summed E-state index contributed by atoms with van der Waals surface area (Å²) in [5.41, 5.74) is 7.10. The standard InChI is InChI=1S/C40H50N6O3/c1-8-11-38(47)45(25(6)9-2)21-36-41-20-34(43-36)28-12-14-30-29(17-28)23-49-35-19-31-27(18-32(30)35)13-15-33-40(31)44-37(42-33)22-46(26(7)10-3)39(48)16-24(4)5/h12-15,17-20,24-26H,8-11,16,21-23H2,1-7H3,(H,41,43)(H,42,44)/t25-,26-/m0/s1. The molecule has 0 spiro atoms. The van der Waals surface area contributed by atoms with Crippen LogP contribution in [0.25, 0.3) is 44.2 Å². The van der Waals surface area contributed by atoms with E-state index in [-0.39, 0.29) is 23.9 Å². The number of rotatable bonds is 13. The number of ether oxygens (including phenoxy) is 1. The van der Waals surface area contributed by atoms with Gasteiger partial charge in [-0.25, -0.2) is 9.97 Å². The summed E-state index contributed by atoms with van der Waals surface area (Å²) in [6, 6.07) is 15.2. The lowest BCUT2D eigenvalue weighted by Crippen LogP contribution is -2.38. The first-order chi connectivity index (χ1) is 23.6. The smallest absolute Gasteiger partial charge is 0.223 e. The lowest BCUT2D eigenvalue weighted by atomic mass is 9.92. The Labute approximate surface area is 289 Å². The summed E-state index contributed by atoms with van der Waals surface area (Å²) in [6.07, 6.45) is 5.55. The number of H-pyrrole nitrogens is 2. The van der Waals surface area contributed by atoms with Crippen molar-refractivity contribution in [2.75, 3.05) is 0 Å². The fourth-order valence-electron chi connectivity index (χ4n) is 6.74. The average Bonchev–Trinajstić information content (AvgIpc) is 3.74. The van der Waals surface area contributed by atoms with Gasteiger partial charge in [-0.1, -0.05) is 52.8 Å². The van der Waals surface area contributed by atoms with E-state index in [1.807, 2.05) is 22.9 Å². The van der Waals surface area contributed by atoms with Gasteiger partial charge >= 0.3 is 0 Å².